The van der Waals surface area contributed by atoms with Crippen molar-refractivity contribution < 1.29 is 4.79 Å². The Morgan fingerprint density at radius 3 is 2.00 bits per heavy atom. The largest absolute Gasteiger partial charge is 0.402 e. The highest BCUT2D eigenvalue weighted by Crippen LogP contribution is 2.13. The van der Waals surface area contributed by atoms with Gasteiger partial charge >= 0.3 is 0 Å². The van der Waals surface area contributed by atoms with E-state index in [1.165, 1.54) is 32.1 Å². The fourth-order valence-corrected chi connectivity index (χ4v) is 1.86. The molecule has 0 fully saturated rings. The zero-order valence-electron chi connectivity index (χ0n) is 8.93. The van der Waals surface area contributed by atoms with E-state index < -0.39 is 0 Å². The van der Waals surface area contributed by atoms with Crippen LogP contribution in [0.25, 0.3) is 0 Å². The van der Waals surface area contributed by atoms with Gasteiger partial charge < -0.3 is 5.73 Å². The van der Waals surface area contributed by atoms with Gasteiger partial charge in [-0.25, -0.2) is 0 Å². The topological polar surface area (TPSA) is 43.1 Å². The van der Waals surface area contributed by atoms with Crippen LogP contribution in [0.5, 0.6) is 0 Å². The van der Waals surface area contributed by atoms with Crippen molar-refractivity contribution in [3.05, 3.63) is 11.8 Å². The van der Waals surface area contributed by atoms with E-state index in [2.05, 4.69) is 0 Å². The van der Waals surface area contributed by atoms with Crippen molar-refractivity contribution in [3.63, 3.8) is 0 Å². The van der Waals surface area contributed by atoms with Crippen LogP contribution in [0, 0.1) is 0 Å². The van der Waals surface area contributed by atoms with Gasteiger partial charge in [0, 0.05) is 12.1 Å². The summed E-state index contributed by atoms with van der Waals surface area (Å²) in [5, 5.41) is 0. The molecular formula is C12H21NO. The molecule has 0 aromatic carbocycles. The highest BCUT2D eigenvalue weighted by molar-refractivity contribution is 5.90. The summed E-state index contributed by atoms with van der Waals surface area (Å²) in [6.45, 7) is 0. The molecule has 2 N–H and O–H groups in total. The summed E-state index contributed by atoms with van der Waals surface area (Å²) < 4.78 is 0. The normalized spacial score (nSPS) is 25.7. The molecular weight excluding hydrogens is 174 g/mol. The molecule has 2 heteroatoms. The Labute approximate surface area is 86.6 Å². The molecule has 0 aliphatic heterocycles. The first-order chi connectivity index (χ1) is 6.79. The molecule has 0 saturated carbocycles. The number of ketones is 1. The molecule has 1 rings (SSSR count). The van der Waals surface area contributed by atoms with E-state index in [1.54, 1.807) is 6.08 Å². The maximum atomic E-state index is 11.4. The standard InChI is InChI=1S/C12H21NO/c13-11-8-6-4-2-1-3-5-7-9-12(14)10-11/h10H,1-9,13H2/b11-10+. The summed E-state index contributed by atoms with van der Waals surface area (Å²) >= 11 is 0. The number of allylic oxidation sites excluding steroid dienone is 2. The first-order valence-corrected chi connectivity index (χ1v) is 5.78. The van der Waals surface area contributed by atoms with Crippen LogP contribution in [0.3, 0.4) is 0 Å². The van der Waals surface area contributed by atoms with Gasteiger partial charge in [-0.2, -0.15) is 0 Å². The Morgan fingerprint density at radius 1 is 0.857 bits per heavy atom. The number of rotatable bonds is 0. The molecule has 0 aromatic rings. The minimum Gasteiger partial charge on any atom is -0.402 e. The van der Waals surface area contributed by atoms with E-state index in [1.807, 2.05) is 0 Å². The fourth-order valence-electron chi connectivity index (χ4n) is 1.86. The van der Waals surface area contributed by atoms with Crippen LogP contribution in [0.2, 0.25) is 0 Å². The monoisotopic (exact) mass is 195 g/mol. The quantitative estimate of drug-likeness (QED) is 0.645. The Bertz CT molecular complexity index is 208. The Balaban J connectivity index is 2.40. The van der Waals surface area contributed by atoms with Crippen LogP contribution in [0.15, 0.2) is 11.8 Å². The van der Waals surface area contributed by atoms with Gasteiger partial charge in [-0.3, -0.25) is 4.79 Å². The molecule has 0 atom stereocenters. The lowest BCUT2D eigenvalue weighted by Gasteiger charge is -2.05. The number of hydrogen-bond donors (Lipinski definition) is 1. The molecule has 0 bridgehead atoms. The van der Waals surface area contributed by atoms with Crippen molar-refractivity contribution >= 4 is 5.78 Å². The van der Waals surface area contributed by atoms with Crippen LogP contribution < -0.4 is 5.73 Å². The number of hydrogen-bond acceptors (Lipinski definition) is 2. The molecule has 0 aromatic heterocycles. The van der Waals surface area contributed by atoms with Gasteiger partial charge in [0.2, 0.25) is 0 Å². The summed E-state index contributed by atoms with van der Waals surface area (Å²) in [5.74, 6) is 0.211. The van der Waals surface area contributed by atoms with Gasteiger partial charge in [-0.15, -0.1) is 0 Å². The van der Waals surface area contributed by atoms with Gasteiger partial charge in [0.05, 0.1) is 0 Å². The number of nitrogens with two attached hydrogens (primary N) is 1. The molecule has 0 amide bonds. The summed E-state index contributed by atoms with van der Waals surface area (Å²) in [6.07, 6.45) is 11.8. The van der Waals surface area contributed by atoms with Crippen molar-refractivity contribution in [3.8, 4) is 0 Å². The van der Waals surface area contributed by atoms with Crippen LogP contribution in [-0.4, -0.2) is 5.78 Å². The summed E-state index contributed by atoms with van der Waals surface area (Å²) in [4.78, 5) is 11.4. The molecule has 2 nitrogen and oxygen atoms in total. The van der Waals surface area contributed by atoms with Crippen molar-refractivity contribution in [2.75, 3.05) is 0 Å². The van der Waals surface area contributed by atoms with Gasteiger partial charge in [0.1, 0.15) is 0 Å². The third-order valence-electron chi connectivity index (χ3n) is 2.74. The predicted molar refractivity (Wildman–Crippen MR) is 58.8 cm³/mol. The van der Waals surface area contributed by atoms with Gasteiger partial charge in [-0.1, -0.05) is 32.1 Å². The van der Waals surface area contributed by atoms with Gasteiger partial charge in [-0.05, 0) is 25.3 Å². The smallest absolute Gasteiger partial charge is 0.157 e. The van der Waals surface area contributed by atoms with Crippen molar-refractivity contribution in [2.45, 2.75) is 57.8 Å². The minimum atomic E-state index is 0.211. The zero-order valence-corrected chi connectivity index (χ0v) is 8.93. The van der Waals surface area contributed by atoms with Gasteiger partial charge in [0.25, 0.3) is 0 Å². The average molecular weight is 195 g/mol. The Kier molecular flexibility index (Phi) is 5.35. The third-order valence-corrected chi connectivity index (χ3v) is 2.74. The number of carbonyl (C=O) groups excluding carboxylic acids is 1. The van der Waals surface area contributed by atoms with Crippen molar-refractivity contribution in [1.29, 1.82) is 0 Å². The van der Waals surface area contributed by atoms with E-state index in [4.69, 9.17) is 5.73 Å². The number of carbonyl (C=O) groups is 1. The Morgan fingerprint density at radius 2 is 1.36 bits per heavy atom. The highest BCUT2D eigenvalue weighted by atomic mass is 16.1. The van der Waals surface area contributed by atoms with Gasteiger partial charge in [0.15, 0.2) is 5.78 Å². The molecule has 0 heterocycles. The molecule has 0 spiro atoms. The van der Waals surface area contributed by atoms with Crippen molar-refractivity contribution in [1.82, 2.24) is 0 Å². The second-order valence-corrected chi connectivity index (χ2v) is 4.16. The van der Waals surface area contributed by atoms with Crippen molar-refractivity contribution in [2.24, 2.45) is 5.73 Å². The molecule has 0 radical (unpaired) electrons. The lowest BCUT2D eigenvalue weighted by Crippen LogP contribution is -2.03. The highest BCUT2D eigenvalue weighted by Gasteiger charge is 2.02. The Hall–Kier alpha value is -0.790. The van der Waals surface area contributed by atoms with E-state index in [0.29, 0.717) is 6.42 Å². The lowest BCUT2D eigenvalue weighted by molar-refractivity contribution is -0.114. The predicted octanol–water partition coefficient (Wildman–Crippen LogP) is 2.92. The molecule has 0 saturated heterocycles. The summed E-state index contributed by atoms with van der Waals surface area (Å²) in [6, 6.07) is 0. The molecule has 14 heavy (non-hydrogen) atoms. The second kappa shape index (κ2) is 6.63. The summed E-state index contributed by atoms with van der Waals surface area (Å²) in [7, 11) is 0. The molecule has 80 valence electrons. The van der Waals surface area contributed by atoms with E-state index in [0.717, 1.165) is 25.0 Å². The van der Waals surface area contributed by atoms with Crippen LogP contribution in [0.4, 0.5) is 0 Å². The molecule has 0 unspecified atom stereocenters. The van der Waals surface area contributed by atoms with Crippen LogP contribution in [-0.2, 0) is 4.79 Å². The van der Waals surface area contributed by atoms with E-state index >= 15 is 0 Å². The zero-order chi connectivity index (χ0) is 10.2. The lowest BCUT2D eigenvalue weighted by atomic mass is 10.0. The first-order valence-electron chi connectivity index (χ1n) is 5.78. The minimum absolute atomic E-state index is 0.211. The van der Waals surface area contributed by atoms with Crippen LogP contribution in [0.1, 0.15) is 57.8 Å². The average Bonchev–Trinajstić information content (AvgIpc) is 2.13. The summed E-state index contributed by atoms with van der Waals surface area (Å²) in [5.41, 5.74) is 6.52. The maximum Gasteiger partial charge on any atom is 0.157 e. The SMILES string of the molecule is N/C1=C/C(=O)CCCCCCCCC1. The molecule has 1 aliphatic carbocycles. The van der Waals surface area contributed by atoms with Crippen LogP contribution >= 0.6 is 0 Å². The maximum absolute atomic E-state index is 11.4. The molecule has 1 aliphatic rings. The van der Waals surface area contributed by atoms with E-state index in [9.17, 15) is 4.79 Å². The fraction of sp³-hybridized carbons (Fsp3) is 0.750. The second-order valence-electron chi connectivity index (χ2n) is 4.16. The first kappa shape index (κ1) is 11.3. The van der Waals surface area contributed by atoms with E-state index in [-0.39, 0.29) is 5.78 Å². The third kappa shape index (κ3) is 5.05.